The summed E-state index contributed by atoms with van der Waals surface area (Å²) in [5.74, 6) is -3.89. The van der Waals surface area contributed by atoms with Gasteiger partial charge in [-0.1, -0.05) is 48.5 Å². The minimum atomic E-state index is -2.17. The first-order valence-corrected chi connectivity index (χ1v) is 19.9. The molecule has 4 bridgehead atoms. The molecule has 0 aromatic carbocycles. The van der Waals surface area contributed by atoms with Gasteiger partial charge in [0.2, 0.25) is 0 Å². The maximum Gasteiger partial charge on any atom is 0.286 e. The lowest BCUT2D eigenvalue weighted by Crippen LogP contribution is -2.69. The molecule has 4 N–H and O–H groups in total. The number of hydrogen-bond donors (Lipinski definition) is 4. The molecule has 5 aliphatic heterocycles. The molecule has 5 rings (SSSR count). The number of ether oxygens (including phenoxy) is 8. The Kier molecular flexibility index (Phi) is 12.9. The third-order valence-corrected chi connectivity index (χ3v) is 13.5. The Balaban J connectivity index is 1.62. The summed E-state index contributed by atoms with van der Waals surface area (Å²) in [6, 6.07) is -0.165. The Labute approximate surface area is 311 Å². The van der Waals surface area contributed by atoms with Crippen molar-refractivity contribution in [2.75, 3.05) is 20.2 Å². The van der Waals surface area contributed by atoms with Crippen LogP contribution < -0.4 is 0 Å². The van der Waals surface area contributed by atoms with Gasteiger partial charge in [-0.15, -0.1) is 0 Å². The van der Waals surface area contributed by atoms with Gasteiger partial charge >= 0.3 is 0 Å². The van der Waals surface area contributed by atoms with E-state index in [9.17, 15) is 20.4 Å². The van der Waals surface area contributed by atoms with Crippen molar-refractivity contribution in [3.05, 3.63) is 0 Å². The summed E-state index contributed by atoms with van der Waals surface area (Å²) < 4.78 is 52.5. The molecule has 7 unspecified atom stereocenters. The van der Waals surface area contributed by atoms with E-state index < -0.39 is 89.9 Å². The molecule has 13 heteroatoms. The van der Waals surface area contributed by atoms with Gasteiger partial charge in [-0.3, -0.25) is 4.90 Å². The highest BCUT2D eigenvalue weighted by molar-refractivity contribution is 5.07. The Morgan fingerprint density at radius 2 is 1.48 bits per heavy atom. The minimum Gasteiger partial charge on any atom is -0.387 e. The molecule has 5 heterocycles. The summed E-state index contributed by atoms with van der Waals surface area (Å²) >= 11 is 0. The Morgan fingerprint density at radius 1 is 0.827 bits per heavy atom. The van der Waals surface area contributed by atoms with E-state index in [4.69, 9.17) is 37.9 Å². The van der Waals surface area contributed by atoms with Crippen LogP contribution in [0.25, 0.3) is 0 Å². The molecule has 0 saturated carbocycles. The van der Waals surface area contributed by atoms with Gasteiger partial charge in [-0.2, -0.15) is 0 Å². The quantitative estimate of drug-likeness (QED) is 0.272. The third kappa shape index (κ3) is 7.63. The highest BCUT2D eigenvalue weighted by Crippen LogP contribution is 2.52. The van der Waals surface area contributed by atoms with Gasteiger partial charge in [0.15, 0.2) is 12.6 Å². The van der Waals surface area contributed by atoms with Crippen molar-refractivity contribution in [2.24, 2.45) is 23.7 Å². The molecule has 0 aromatic rings. The Hall–Kier alpha value is -0.520. The molecule has 5 fully saturated rings. The van der Waals surface area contributed by atoms with Gasteiger partial charge in [-0.05, 0) is 72.9 Å². The summed E-state index contributed by atoms with van der Waals surface area (Å²) in [5, 5.41) is 47.4. The van der Waals surface area contributed by atoms with Crippen LogP contribution in [0.4, 0.5) is 0 Å². The monoisotopic (exact) mass is 745 g/mol. The first-order chi connectivity index (χ1) is 24.2. The highest BCUT2D eigenvalue weighted by Gasteiger charge is 2.64. The average Bonchev–Trinajstić information content (AvgIpc) is 3.40. The van der Waals surface area contributed by atoms with Crippen molar-refractivity contribution in [2.45, 2.75) is 205 Å². The molecular formula is C39H71NO12. The summed E-state index contributed by atoms with van der Waals surface area (Å²) in [7, 11) is 1.56. The van der Waals surface area contributed by atoms with E-state index in [1.165, 1.54) is 0 Å². The Bertz CT molecular complexity index is 1190. The van der Waals surface area contributed by atoms with Crippen molar-refractivity contribution < 1.29 is 58.3 Å². The third-order valence-electron chi connectivity index (χ3n) is 13.5. The maximum absolute atomic E-state index is 12.5. The molecule has 20 atom stereocenters. The lowest BCUT2D eigenvalue weighted by Gasteiger charge is -2.55. The highest BCUT2D eigenvalue weighted by atomic mass is 16.8. The van der Waals surface area contributed by atoms with Crippen LogP contribution in [0.5, 0.6) is 0 Å². The van der Waals surface area contributed by atoms with Gasteiger partial charge in [0.25, 0.3) is 5.97 Å². The average molecular weight is 746 g/mol. The summed E-state index contributed by atoms with van der Waals surface area (Å²) in [5.41, 5.74) is -3.30. The number of likely N-dealkylation sites (N-methyl/N-ethyl adjacent to an activating group) is 1. The summed E-state index contributed by atoms with van der Waals surface area (Å²) in [4.78, 5) is 2.24. The van der Waals surface area contributed by atoms with E-state index in [0.717, 1.165) is 13.1 Å². The zero-order valence-corrected chi connectivity index (χ0v) is 34.0. The molecule has 304 valence electrons. The first kappa shape index (κ1) is 42.6. The maximum atomic E-state index is 12.5. The molecular weight excluding hydrogens is 674 g/mol. The molecule has 0 amide bonds. The topological polar surface area (TPSA) is 158 Å². The molecule has 5 saturated heterocycles. The number of rotatable bonds is 9. The van der Waals surface area contributed by atoms with Gasteiger partial charge in [0.05, 0.1) is 59.8 Å². The lowest BCUT2D eigenvalue weighted by atomic mass is 9.74. The van der Waals surface area contributed by atoms with Crippen LogP contribution in [0.15, 0.2) is 0 Å². The summed E-state index contributed by atoms with van der Waals surface area (Å²) in [6.07, 6.45) is -6.03. The molecule has 0 spiro atoms. The Morgan fingerprint density at radius 3 is 2.08 bits per heavy atom. The molecule has 52 heavy (non-hydrogen) atoms. The number of methoxy groups -OCH3 is 1. The fourth-order valence-corrected chi connectivity index (χ4v) is 10.4. The number of aliphatic hydroxyl groups is 4. The number of fused-ring (bicyclic) bond motifs is 4. The predicted molar refractivity (Wildman–Crippen MR) is 192 cm³/mol. The van der Waals surface area contributed by atoms with Crippen LogP contribution in [0.3, 0.4) is 0 Å². The van der Waals surface area contributed by atoms with Crippen LogP contribution in [0.2, 0.25) is 0 Å². The van der Waals surface area contributed by atoms with Gasteiger partial charge in [-0.25, -0.2) is 0 Å². The second-order valence-electron chi connectivity index (χ2n) is 17.4. The van der Waals surface area contributed by atoms with E-state index in [-0.39, 0.29) is 36.5 Å². The van der Waals surface area contributed by atoms with Gasteiger partial charge < -0.3 is 58.3 Å². The van der Waals surface area contributed by atoms with E-state index in [2.05, 4.69) is 25.7 Å². The van der Waals surface area contributed by atoms with Crippen molar-refractivity contribution in [3.63, 3.8) is 0 Å². The van der Waals surface area contributed by atoms with Gasteiger partial charge in [0, 0.05) is 31.4 Å². The van der Waals surface area contributed by atoms with Crippen LogP contribution in [-0.4, -0.2) is 142 Å². The first-order valence-electron chi connectivity index (χ1n) is 19.9. The van der Waals surface area contributed by atoms with Crippen LogP contribution in [-0.2, 0) is 37.9 Å². The van der Waals surface area contributed by atoms with E-state index in [0.29, 0.717) is 19.3 Å². The number of hydrogen-bond acceptors (Lipinski definition) is 13. The molecule has 5 aliphatic rings. The van der Waals surface area contributed by atoms with E-state index in [1.807, 2.05) is 48.5 Å². The normalized spacial score (nSPS) is 54.6. The van der Waals surface area contributed by atoms with Crippen molar-refractivity contribution in [1.29, 1.82) is 0 Å². The molecule has 0 aromatic heterocycles. The lowest BCUT2D eigenvalue weighted by molar-refractivity contribution is -0.481. The fraction of sp³-hybridized carbons (Fsp3) is 1.00. The van der Waals surface area contributed by atoms with Crippen LogP contribution >= 0.6 is 0 Å². The standard InChI is InChI=1S/C39H71NO12/c1-14-27-38(12,43)34-22(6)30-20(4)18-37(11,51-30)33(49-35-29(41)26(17-21(5)46-35)40(15-2)16-3)23(7)31(24(8)39(44,50-27)52-34)48-28-19-36(10,45-13)32(42)25(9)47-28/h20-35,41-44H,14-19H2,1-13H3/t20-,21?,22-,23-,24+,25?,26?,27+,28-,29?,30?,31-,32-,33+,34+,35-,36?,37?,38+,39-/m0/s1. The molecule has 13 nitrogen and oxygen atoms in total. The van der Waals surface area contributed by atoms with Crippen LogP contribution in [0, 0.1) is 23.7 Å². The predicted octanol–water partition coefficient (Wildman–Crippen LogP) is 3.56. The second-order valence-corrected chi connectivity index (χ2v) is 17.4. The van der Waals surface area contributed by atoms with E-state index >= 15 is 0 Å². The van der Waals surface area contributed by atoms with Crippen molar-refractivity contribution >= 4 is 0 Å². The zero-order chi connectivity index (χ0) is 38.7. The fourth-order valence-electron chi connectivity index (χ4n) is 10.4. The van der Waals surface area contributed by atoms with Gasteiger partial charge in [0.1, 0.15) is 17.8 Å². The summed E-state index contributed by atoms with van der Waals surface area (Å²) in [6.45, 7) is 24.9. The zero-order valence-electron chi connectivity index (χ0n) is 34.0. The number of aliphatic hydroxyl groups excluding tert-OH is 2. The van der Waals surface area contributed by atoms with Crippen LogP contribution in [0.1, 0.15) is 109 Å². The van der Waals surface area contributed by atoms with Crippen molar-refractivity contribution in [1.82, 2.24) is 4.90 Å². The number of nitrogens with zero attached hydrogens (tertiary/aromatic N) is 1. The SMILES string of the molecule is CC[C@H]1O[C@]2(O)O[C@H]([C@@H](C)C3OC(C)(C[C@@H]3C)[C@H](O[C@@H]3OC(C)CC(N(CC)CC)C3O)[C@@H](C)[C@H](O[C@H]3CC(C)(OC)[C@@H](O)C(C)O3)[C@H]2C)[C@]1(C)O. The largest absolute Gasteiger partial charge is 0.387 e. The smallest absolute Gasteiger partial charge is 0.286 e. The second kappa shape index (κ2) is 15.8. The molecule has 0 radical (unpaired) electrons. The van der Waals surface area contributed by atoms with Crippen molar-refractivity contribution in [3.8, 4) is 0 Å². The minimum absolute atomic E-state index is 0.0240. The van der Waals surface area contributed by atoms with E-state index in [1.54, 1.807) is 21.0 Å². The molecule has 0 aliphatic carbocycles.